The first-order chi connectivity index (χ1) is 25.6. The number of thiazole rings is 1. The second kappa shape index (κ2) is 32.8. The van der Waals surface area contributed by atoms with Crippen molar-refractivity contribution in [1.82, 2.24) is 20.1 Å². The van der Waals surface area contributed by atoms with E-state index >= 15 is 0 Å². The molecule has 1 amide bonds. The summed E-state index contributed by atoms with van der Waals surface area (Å²) in [7, 11) is 4.35. The number of aromatic nitrogens is 1. The quantitative estimate of drug-likeness (QED) is 0.125. The van der Waals surface area contributed by atoms with Crippen molar-refractivity contribution >= 4 is 23.8 Å². The fourth-order valence-electron chi connectivity index (χ4n) is 6.06. The zero-order valence-corrected chi connectivity index (χ0v) is 35.0. The normalized spacial score (nSPS) is 14.6. The van der Waals surface area contributed by atoms with Crippen LogP contribution < -0.4 is 11.1 Å². The van der Waals surface area contributed by atoms with Crippen LogP contribution in [0.3, 0.4) is 0 Å². The number of carbonyl (C=O) groups excluding carboxylic acids is 1. The number of carbonyl (C=O) groups is 1. The van der Waals surface area contributed by atoms with E-state index in [9.17, 15) is 0 Å². The summed E-state index contributed by atoms with van der Waals surface area (Å²) < 4.78 is 0. The van der Waals surface area contributed by atoms with Gasteiger partial charge in [-0.1, -0.05) is 139 Å². The van der Waals surface area contributed by atoms with Crippen LogP contribution >= 0.6 is 11.3 Å². The minimum atomic E-state index is 0.250. The lowest BCUT2D eigenvalue weighted by Crippen LogP contribution is -2.32. The second-order valence-electron chi connectivity index (χ2n) is 14.3. The Morgan fingerprint density at radius 2 is 1.77 bits per heavy atom. The van der Waals surface area contributed by atoms with Crippen molar-refractivity contribution in [2.75, 3.05) is 33.7 Å². The number of likely N-dealkylation sites (N-methyl/N-ethyl adjacent to an activating group) is 2. The Bertz CT molecular complexity index is 1310. The van der Waals surface area contributed by atoms with Gasteiger partial charge in [0, 0.05) is 49.5 Å². The van der Waals surface area contributed by atoms with Crippen LogP contribution in [0.1, 0.15) is 109 Å². The number of terminal acetylenes is 1. The molecular formula is C46H73N5OS. The fraction of sp³-hybridized carbons (Fsp3) is 0.522. The molecule has 2 aliphatic rings. The molecule has 53 heavy (non-hydrogen) atoms. The van der Waals surface area contributed by atoms with Crippen molar-refractivity contribution < 1.29 is 4.79 Å². The maximum atomic E-state index is 8.58. The molecule has 2 atom stereocenters. The highest BCUT2D eigenvalue weighted by molar-refractivity contribution is 7.07. The Hall–Kier alpha value is -3.86. The highest BCUT2D eigenvalue weighted by atomic mass is 32.1. The first kappa shape index (κ1) is 49.1. The summed E-state index contributed by atoms with van der Waals surface area (Å²) in [5, 5.41) is 5.75. The van der Waals surface area contributed by atoms with Gasteiger partial charge in [0.25, 0.3) is 0 Å². The lowest BCUT2D eigenvalue weighted by atomic mass is 9.91. The van der Waals surface area contributed by atoms with Crippen molar-refractivity contribution in [3.05, 3.63) is 107 Å². The van der Waals surface area contributed by atoms with E-state index in [0.717, 1.165) is 56.2 Å². The number of benzene rings is 1. The van der Waals surface area contributed by atoms with E-state index in [0.29, 0.717) is 5.92 Å². The summed E-state index contributed by atoms with van der Waals surface area (Å²) in [6.07, 6.45) is 34.7. The van der Waals surface area contributed by atoms with Crippen LogP contribution in [-0.4, -0.2) is 61.0 Å². The van der Waals surface area contributed by atoms with E-state index in [1.165, 1.54) is 74.6 Å². The average molecular weight is 744 g/mol. The van der Waals surface area contributed by atoms with Crippen molar-refractivity contribution in [3.8, 4) is 12.8 Å². The van der Waals surface area contributed by atoms with Crippen LogP contribution in [0.25, 0.3) is 6.08 Å². The van der Waals surface area contributed by atoms with Crippen LogP contribution in [0, 0.1) is 31.6 Å². The van der Waals surface area contributed by atoms with Gasteiger partial charge in [0.05, 0.1) is 11.2 Å². The number of allylic oxidation sites excluding steroid dienone is 4. The minimum absolute atomic E-state index is 0.250. The monoisotopic (exact) mass is 744 g/mol. The largest absolute Gasteiger partial charge is 0.383 e. The summed E-state index contributed by atoms with van der Waals surface area (Å²) in [5.74, 6) is 1.71. The number of primary amides is 1. The van der Waals surface area contributed by atoms with Crippen LogP contribution in [-0.2, 0) is 4.79 Å². The maximum Gasteiger partial charge on any atom is 0.204 e. The Kier molecular flexibility index (Phi) is 30.4. The van der Waals surface area contributed by atoms with Gasteiger partial charge in [0.2, 0.25) is 6.41 Å². The first-order valence-electron chi connectivity index (χ1n) is 19.5. The van der Waals surface area contributed by atoms with Crippen molar-refractivity contribution in [3.63, 3.8) is 0 Å². The molecule has 0 aliphatic heterocycles. The third-order valence-corrected chi connectivity index (χ3v) is 9.81. The van der Waals surface area contributed by atoms with E-state index in [4.69, 9.17) is 4.79 Å². The zero-order chi connectivity index (χ0) is 39.7. The topological polar surface area (TPSA) is 74.5 Å². The van der Waals surface area contributed by atoms with Crippen LogP contribution in [0.5, 0.6) is 0 Å². The number of nitrogens with one attached hydrogen (secondary N) is 1. The zero-order valence-electron chi connectivity index (χ0n) is 34.1. The first-order valence-corrected chi connectivity index (χ1v) is 20.5. The Morgan fingerprint density at radius 1 is 1.09 bits per heavy atom. The SMILES string of the molecule is C#C.C=C(CCC(=C)N(C)CCN(C)CC1=CCCC=C1)NC(/C=C\c1cscn1)CC(C)CCC.CC1CCCCC1.Cc1ccccc1.NC=O. The summed E-state index contributed by atoms with van der Waals surface area (Å²) in [4.78, 5) is 17.6. The summed E-state index contributed by atoms with van der Waals surface area (Å²) in [5.41, 5.74) is 12.1. The van der Waals surface area contributed by atoms with E-state index in [1.807, 2.05) is 23.7 Å². The summed E-state index contributed by atoms with van der Waals surface area (Å²) in [6, 6.07) is 10.5. The number of aryl methyl sites for hydroxylation is 1. The van der Waals surface area contributed by atoms with Crippen LogP contribution in [0.15, 0.2) is 95.7 Å². The fourth-order valence-corrected chi connectivity index (χ4v) is 6.59. The average Bonchev–Trinajstić information content (AvgIpc) is 3.69. The molecule has 3 N–H and O–H groups in total. The highest BCUT2D eigenvalue weighted by Gasteiger charge is 2.12. The van der Waals surface area contributed by atoms with Crippen molar-refractivity contribution in [2.45, 2.75) is 111 Å². The predicted molar refractivity (Wildman–Crippen MR) is 234 cm³/mol. The van der Waals surface area contributed by atoms with Gasteiger partial charge in [-0.05, 0) is 69.6 Å². The van der Waals surface area contributed by atoms with Gasteiger partial charge in [-0.3, -0.25) is 4.79 Å². The molecule has 4 rings (SSSR count). The number of rotatable bonds is 17. The molecule has 6 nitrogen and oxygen atoms in total. The molecule has 1 aromatic heterocycles. The molecule has 1 aromatic carbocycles. The van der Waals surface area contributed by atoms with Gasteiger partial charge < -0.3 is 20.9 Å². The third kappa shape index (κ3) is 27.4. The van der Waals surface area contributed by atoms with E-state index in [2.05, 4.69) is 142 Å². The van der Waals surface area contributed by atoms with E-state index in [-0.39, 0.29) is 12.5 Å². The van der Waals surface area contributed by atoms with Gasteiger partial charge in [0.1, 0.15) is 0 Å². The Balaban J connectivity index is 0.00000115. The highest BCUT2D eigenvalue weighted by Crippen LogP contribution is 2.22. The Labute approximate surface area is 329 Å². The van der Waals surface area contributed by atoms with Gasteiger partial charge in [-0.25, -0.2) is 4.98 Å². The number of amides is 1. The maximum absolute atomic E-state index is 8.58. The summed E-state index contributed by atoms with van der Waals surface area (Å²) in [6.45, 7) is 20.7. The number of nitrogens with two attached hydrogens (primary N) is 1. The standard InChI is InChI=1S/C29H46N4S.C7H14.C7H8.C2H2.CH3NO/c1-7-11-24(2)20-28(16-17-29-22-34-23-30-29)31-25(3)14-15-26(4)33(6)19-18-32(5)21-27-12-9-8-10-13-27;2*1-7-5-3-2-4-6-7;1-2;2-1-3/h9,12-13,16-17,22-24,28,31H,3-4,7-8,10-11,14-15,18-21H2,1-2,5-6H3;7H,2-6H2,1H3;2-6H,1H3;1-2H;1H,(H2,2,3)/b17-16-;;;;. The number of hydrogen-bond acceptors (Lipinski definition) is 6. The third-order valence-electron chi connectivity index (χ3n) is 9.21. The Morgan fingerprint density at radius 3 is 2.28 bits per heavy atom. The molecule has 1 heterocycles. The predicted octanol–water partition coefficient (Wildman–Crippen LogP) is 10.8. The second-order valence-corrected chi connectivity index (χ2v) is 15.0. The van der Waals surface area contributed by atoms with Crippen LogP contribution in [0.2, 0.25) is 0 Å². The minimum Gasteiger partial charge on any atom is -0.383 e. The molecule has 1 fully saturated rings. The van der Waals surface area contributed by atoms with Gasteiger partial charge >= 0.3 is 0 Å². The van der Waals surface area contributed by atoms with E-state index in [1.54, 1.807) is 11.3 Å². The molecule has 1 saturated carbocycles. The smallest absolute Gasteiger partial charge is 0.204 e. The van der Waals surface area contributed by atoms with E-state index < -0.39 is 0 Å². The summed E-state index contributed by atoms with van der Waals surface area (Å²) >= 11 is 1.63. The van der Waals surface area contributed by atoms with Gasteiger partial charge in [-0.15, -0.1) is 24.2 Å². The molecule has 2 aromatic rings. The van der Waals surface area contributed by atoms with Gasteiger partial charge in [-0.2, -0.15) is 0 Å². The number of nitrogens with zero attached hydrogens (tertiary/aromatic N) is 3. The molecule has 0 radical (unpaired) electrons. The van der Waals surface area contributed by atoms with Crippen molar-refractivity contribution in [2.24, 2.45) is 17.6 Å². The van der Waals surface area contributed by atoms with Crippen molar-refractivity contribution in [1.29, 1.82) is 0 Å². The molecule has 294 valence electrons. The molecule has 0 bridgehead atoms. The van der Waals surface area contributed by atoms with Gasteiger partial charge in [0.15, 0.2) is 0 Å². The number of hydrogen-bond donors (Lipinski definition) is 2. The lowest BCUT2D eigenvalue weighted by molar-refractivity contribution is -0.106. The molecule has 2 unspecified atom stereocenters. The molecular weight excluding hydrogens is 671 g/mol. The molecule has 0 spiro atoms. The molecule has 7 heteroatoms. The van der Waals surface area contributed by atoms with Crippen LogP contribution in [0.4, 0.5) is 0 Å². The molecule has 0 saturated heterocycles. The molecule has 2 aliphatic carbocycles. The lowest BCUT2D eigenvalue weighted by Gasteiger charge is -2.26.